The van der Waals surface area contributed by atoms with Gasteiger partial charge in [0.1, 0.15) is 0 Å². The van der Waals surface area contributed by atoms with E-state index in [0.29, 0.717) is 5.82 Å². The first-order valence-corrected chi connectivity index (χ1v) is 18.5. The fourth-order valence-electron chi connectivity index (χ4n) is 8.00. The van der Waals surface area contributed by atoms with Crippen LogP contribution in [0, 0.1) is 0 Å². The van der Waals surface area contributed by atoms with Crippen molar-refractivity contribution in [3.05, 3.63) is 216 Å². The second-order valence-corrected chi connectivity index (χ2v) is 14.4. The highest BCUT2D eigenvalue weighted by Gasteiger charge is 2.46. The van der Waals surface area contributed by atoms with E-state index in [0.717, 1.165) is 27.4 Å². The van der Waals surface area contributed by atoms with E-state index in [1.165, 1.54) is 54.6 Å². The number of benzene rings is 7. The summed E-state index contributed by atoms with van der Waals surface area (Å²) < 4.78 is 1.25. The monoisotopic (exact) mass is 680 g/mol. The van der Waals surface area contributed by atoms with Crippen LogP contribution in [0.25, 0.3) is 65.6 Å². The van der Waals surface area contributed by atoms with Crippen LogP contribution in [-0.2, 0) is 5.41 Å². The molecule has 1 aliphatic carbocycles. The molecule has 9 aromatic rings. The molecule has 0 unspecified atom stereocenters. The van der Waals surface area contributed by atoms with Gasteiger partial charge < -0.3 is 0 Å². The van der Waals surface area contributed by atoms with Crippen molar-refractivity contribution < 1.29 is 0 Å². The Kier molecular flexibility index (Phi) is 7.26. The highest BCUT2D eigenvalue weighted by molar-refractivity contribution is 7.22. The lowest BCUT2D eigenvalue weighted by Crippen LogP contribution is -2.28. The van der Waals surface area contributed by atoms with Crippen LogP contribution in [0.3, 0.4) is 0 Å². The summed E-state index contributed by atoms with van der Waals surface area (Å²) in [5.74, 6) is 0.714. The lowest BCUT2D eigenvalue weighted by atomic mass is 9.67. The van der Waals surface area contributed by atoms with Gasteiger partial charge in [0, 0.05) is 15.8 Å². The third-order valence-corrected chi connectivity index (χ3v) is 11.5. The Labute approximate surface area is 307 Å². The summed E-state index contributed by atoms with van der Waals surface area (Å²) in [4.78, 5) is 11.7. The van der Waals surface area contributed by atoms with Gasteiger partial charge in [0.15, 0.2) is 5.82 Å². The molecule has 2 aromatic heterocycles. The van der Waals surface area contributed by atoms with Gasteiger partial charge in [-0.3, -0.25) is 0 Å². The fraction of sp³-hybridized carbons (Fsp3) is 0.0204. The summed E-state index contributed by atoms with van der Waals surface area (Å²) >= 11 is 1.77. The molecule has 52 heavy (non-hydrogen) atoms. The summed E-state index contributed by atoms with van der Waals surface area (Å²) in [5, 5.41) is 1.22. The lowest BCUT2D eigenvalue weighted by Gasteiger charge is -2.34. The molecule has 0 saturated carbocycles. The maximum Gasteiger partial charge on any atom is 0.160 e. The van der Waals surface area contributed by atoms with Crippen molar-refractivity contribution in [3.8, 4) is 55.5 Å². The largest absolute Gasteiger partial charge is 0.228 e. The first-order chi connectivity index (χ1) is 25.8. The zero-order chi connectivity index (χ0) is 34.5. The van der Waals surface area contributed by atoms with E-state index in [1.54, 1.807) is 11.3 Å². The van der Waals surface area contributed by atoms with Crippen molar-refractivity contribution in [2.24, 2.45) is 0 Å². The molecular formula is C49H32N2S. The molecule has 0 spiro atoms. The number of hydrogen-bond donors (Lipinski definition) is 0. The van der Waals surface area contributed by atoms with E-state index in [1.807, 2.05) is 6.07 Å². The van der Waals surface area contributed by atoms with Gasteiger partial charge in [-0.15, -0.1) is 11.3 Å². The van der Waals surface area contributed by atoms with Crippen molar-refractivity contribution in [1.29, 1.82) is 0 Å². The smallest absolute Gasteiger partial charge is 0.160 e. The van der Waals surface area contributed by atoms with Crippen molar-refractivity contribution in [1.82, 2.24) is 9.97 Å². The third-order valence-electron chi connectivity index (χ3n) is 10.4. The normalized spacial score (nSPS) is 12.8. The molecule has 2 nitrogen and oxygen atoms in total. The average Bonchev–Trinajstić information content (AvgIpc) is 3.80. The summed E-state index contributed by atoms with van der Waals surface area (Å²) in [6.45, 7) is 0. The molecule has 0 radical (unpaired) electrons. The topological polar surface area (TPSA) is 25.8 Å². The highest BCUT2D eigenvalue weighted by Crippen LogP contribution is 2.56. The summed E-state index contributed by atoms with van der Waals surface area (Å²) in [6.07, 6.45) is 0. The average molecular weight is 681 g/mol. The van der Waals surface area contributed by atoms with Crippen molar-refractivity contribution in [2.75, 3.05) is 0 Å². The molecule has 1 aliphatic rings. The van der Waals surface area contributed by atoms with Gasteiger partial charge in [-0.25, -0.2) is 9.97 Å². The SMILES string of the molecule is c1ccc(-c2ccc(-c3nc(-c4ccc5c(c4)C(c4ccccc4)(c4ccccc4)c4ccccc4-5)cc(-c4cc5ccccc5s4)n3)cc2)cc1. The zero-order valence-corrected chi connectivity index (χ0v) is 29.1. The van der Waals surface area contributed by atoms with Crippen molar-refractivity contribution in [2.45, 2.75) is 5.41 Å². The van der Waals surface area contributed by atoms with Crippen molar-refractivity contribution in [3.63, 3.8) is 0 Å². The minimum Gasteiger partial charge on any atom is -0.228 e. The third kappa shape index (κ3) is 4.93. The van der Waals surface area contributed by atoms with E-state index < -0.39 is 5.41 Å². The Balaban J connectivity index is 1.19. The molecular weight excluding hydrogens is 649 g/mol. The van der Waals surface area contributed by atoms with Gasteiger partial charge in [0.2, 0.25) is 0 Å². The van der Waals surface area contributed by atoms with Crippen LogP contribution in [0.15, 0.2) is 194 Å². The predicted octanol–water partition coefficient (Wildman–Crippen LogP) is 12.7. The van der Waals surface area contributed by atoms with Crippen LogP contribution in [-0.4, -0.2) is 9.97 Å². The van der Waals surface area contributed by atoms with E-state index in [9.17, 15) is 0 Å². The summed E-state index contributed by atoms with van der Waals surface area (Å²) in [7, 11) is 0. The molecule has 0 atom stereocenters. The number of nitrogens with zero attached hydrogens (tertiary/aromatic N) is 2. The minimum atomic E-state index is -0.484. The summed E-state index contributed by atoms with van der Waals surface area (Å²) in [5.41, 5.74) is 13.3. The van der Waals surface area contributed by atoms with E-state index in [-0.39, 0.29) is 0 Å². The van der Waals surface area contributed by atoms with Crippen LogP contribution >= 0.6 is 11.3 Å². The Bertz CT molecular complexity index is 2640. The Hall–Kier alpha value is -6.42. The molecule has 10 rings (SSSR count). The molecule has 244 valence electrons. The van der Waals surface area contributed by atoms with E-state index >= 15 is 0 Å². The predicted molar refractivity (Wildman–Crippen MR) is 216 cm³/mol. The second-order valence-electron chi connectivity index (χ2n) is 13.3. The maximum absolute atomic E-state index is 5.32. The van der Waals surface area contributed by atoms with Crippen LogP contribution < -0.4 is 0 Å². The Morgan fingerprint density at radius 2 is 0.942 bits per heavy atom. The van der Waals surface area contributed by atoms with E-state index in [2.05, 4.69) is 188 Å². The Morgan fingerprint density at radius 1 is 0.385 bits per heavy atom. The standard InChI is InChI=1S/C49H32N2S/c1-4-14-33(15-5-1)34-24-26-35(27-25-34)48-50-44(32-45(51-48)47-31-37-16-10-13-23-46(37)52-47)36-28-29-41-40-21-11-12-22-42(40)49(43(41)30-36,38-17-6-2-7-18-38)39-19-8-3-9-20-39/h1-32H. The van der Waals surface area contributed by atoms with Gasteiger partial charge in [-0.05, 0) is 74.2 Å². The molecule has 0 fully saturated rings. The quantitative estimate of drug-likeness (QED) is 0.175. The lowest BCUT2D eigenvalue weighted by molar-refractivity contribution is 0.768. The minimum absolute atomic E-state index is 0.484. The molecule has 0 N–H and O–H groups in total. The Morgan fingerprint density at radius 3 is 1.67 bits per heavy atom. The first kappa shape index (κ1) is 30.4. The van der Waals surface area contributed by atoms with Gasteiger partial charge in [-0.2, -0.15) is 0 Å². The van der Waals surface area contributed by atoms with Gasteiger partial charge in [0.05, 0.1) is 21.7 Å². The van der Waals surface area contributed by atoms with Gasteiger partial charge in [-0.1, -0.05) is 170 Å². The molecule has 0 amide bonds. The zero-order valence-electron chi connectivity index (χ0n) is 28.3. The fourth-order valence-corrected chi connectivity index (χ4v) is 9.03. The maximum atomic E-state index is 5.32. The molecule has 3 heteroatoms. The first-order valence-electron chi connectivity index (χ1n) is 17.7. The van der Waals surface area contributed by atoms with Crippen LogP contribution in [0.5, 0.6) is 0 Å². The molecule has 7 aromatic carbocycles. The highest BCUT2D eigenvalue weighted by atomic mass is 32.1. The number of fused-ring (bicyclic) bond motifs is 4. The van der Waals surface area contributed by atoms with Crippen LogP contribution in [0.1, 0.15) is 22.3 Å². The number of rotatable bonds is 6. The molecule has 0 aliphatic heterocycles. The van der Waals surface area contributed by atoms with Crippen LogP contribution in [0.4, 0.5) is 0 Å². The second kappa shape index (κ2) is 12.4. The number of hydrogen-bond acceptors (Lipinski definition) is 3. The van der Waals surface area contributed by atoms with Gasteiger partial charge >= 0.3 is 0 Å². The van der Waals surface area contributed by atoms with Crippen LogP contribution in [0.2, 0.25) is 0 Å². The molecule has 0 bridgehead atoms. The number of thiophene rings is 1. The van der Waals surface area contributed by atoms with E-state index in [4.69, 9.17) is 9.97 Å². The number of aromatic nitrogens is 2. The van der Waals surface area contributed by atoms with Gasteiger partial charge in [0.25, 0.3) is 0 Å². The molecule has 2 heterocycles. The van der Waals surface area contributed by atoms with Crippen molar-refractivity contribution >= 4 is 21.4 Å². The summed E-state index contributed by atoms with van der Waals surface area (Å²) in [6, 6.07) is 69.8. The molecule has 0 saturated heterocycles.